The number of aromatic amines is 1. The van der Waals surface area contributed by atoms with Gasteiger partial charge in [-0.15, -0.1) is 0 Å². The molecular formula is C18H17F3N4O2. The standard InChI is InChI=1S/C18H17F3N4O2/c1-10-9-11(2)23-16(27)14(10)15(26)22-7-8-25-13-6-4-3-5-12(13)24-17(25)18(19,20)21/h3-6,9H,7-8H2,1-2H3,(H,22,26)(H,23,27). The van der Waals surface area contributed by atoms with Crippen molar-refractivity contribution in [1.82, 2.24) is 19.9 Å². The number of aryl methyl sites for hydroxylation is 2. The normalized spacial score (nSPS) is 11.7. The van der Waals surface area contributed by atoms with E-state index in [4.69, 9.17) is 0 Å². The quantitative estimate of drug-likeness (QED) is 0.733. The van der Waals surface area contributed by atoms with Gasteiger partial charge >= 0.3 is 6.18 Å². The summed E-state index contributed by atoms with van der Waals surface area (Å²) in [4.78, 5) is 30.5. The maximum absolute atomic E-state index is 13.3. The molecule has 0 saturated carbocycles. The Morgan fingerprint density at radius 3 is 2.63 bits per heavy atom. The van der Waals surface area contributed by atoms with E-state index < -0.39 is 23.5 Å². The molecule has 3 aromatic rings. The van der Waals surface area contributed by atoms with Gasteiger partial charge in [0.2, 0.25) is 5.82 Å². The third-order valence-corrected chi connectivity index (χ3v) is 4.12. The van der Waals surface area contributed by atoms with E-state index in [1.165, 1.54) is 12.1 Å². The average molecular weight is 378 g/mol. The Balaban J connectivity index is 1.82. The summed E-state index contributed by atoms with van der Waals surface area (Å²) in [5.41, 5.74) is 1.08. The van der Waals surface area contributed by atoms with Crippen LogP contribution in [0.15, 0.2) is 35.1 Å². The lowest BCUT2D eigenvalue weighted by atomic mass is 10.1. The van der Waals surface area contributed by atoms with Gasteiger partial charge in [0.1, 0.15) is 5.56 Å². The number of nitrogens with one attached hydrogen (secondary N) is 2. The van der Waals surface area contributed by atoms with Crippen LogP contribution in [0.4, 0.5) is 13.2 Å². The summed E-state index contributed by atoms with van der Waals surface area (Å²) in [7, 11) is 0. The van der Waals surface area contributed by atoms with Crippen LogP contribution in [0.1, 0.15) is 27.4 Å². The zero-order valence-electron chi connectivity index (χ0n) is 14.6. The van der Waals surface area contributed by atoms with E-state index in [0.717, 1.165) is 4.57 Å². The van der Waals surface area contributed by atoms with Gasteiger partial charge in [-0.3, -0.25) is 9.59 Å². The first-order valence-electron chi connectivity index (χ1n) is 8.19. The van der Waals surface area contributed by atoms with Crippen LogP contribution in [0.25, 0.3) is 11.0 Å². The van der Waals surface area contributed by atoms with Crippen LogP contribution in [-0.2, 0) is 12.7 Å². The predicted molar refractivity (Wildman–Crippen MR) is 93.6 cm³/mol. The van der Waals surface area contributed by atoms with E-state index >= 15 is 0 Å². The minimum absolute atomic E-state index is 0.0489. The van der Waals surface area contributed by atoms with Crippen LogP contribution in [0, 0.1) is 13.8 Å². The van der Waals surface area contributed by atoms with Crippen LogP contribution >= 0.6 is 0 Å². The summed E-state index contributed by atoms with van der Waals surface area (Å²) in [6, 6.07) is 7.91. The summed E-state index contributed by atoms with van der Waals surface area (Å²) < 4.78 is 40.8. The van der Waals surface area contributed by atoms with E-state index in [1.54, 1.807) is 32.0 Å². The van der Waals surface area contributed by atoms with E-state index in [0.29, 0.717) is 16.8 Å². The molecule has 2 aromatic heterocycles. The molecule has 0 unspecified atom stereocenters. The number of amides is 1. The molecule has 6 nitrogen and oxygen atoms in total. The van der Waals surface area contributed by atoms with Crippen LogP contribution in [-0.4, -0.2) is 27.0 Å². The van der Waals surface area contributed by atoms with Gasteiger partial charge in [-0.2, -0.15) is 13.2 Å². The molecule has 0 aliphatic heterocycles. The van der Waals surface area contributed by atoms with E-state index in [9.17, 15) is 22.8 Å². The van der Waals surface area contributed by atoms with Gasteiger partial charge in [-0.1, -0.05) is 12.1 Å². The van der Waals surface area contributed by atoms with Crippen molar-refractivity contribution in [2.24, 2.45) is 0 Å². The Bertz CT molecular complexity index is 1070. The van der Waals surface area contributed by atoms with Crippen molar-refractivity contribution in [2.75, 3.05) is 6.54 Å². The Morgan fingerprint density at radius 1 is 1.26 bits per heavy atom. The fourth-order valence-electron chi connectivity index (χ4n) is 3.02. The number of carbonyl (C=O) groups is 1. The maximum Gasteiger partial charge on any atom is 0.449 e. The molecule has 0 radical (unpaired) electrons. The number of fused-ring (bicyclic) bond motifs is 1. The molecule has 2 heterocycles. The predicted octanol–water partition coefficient (Wildman–Crippen LogP) is 2.79. The largest absolute Gasteiger partial charge is 0.449 e. The van der Waals surface area contributed by atoms with Gasteiger partial charge in [-0.25, -0.2) is 4.98 Å². The number of alkyl halides is 3. The van der Waals surface area contributed by atoms with Crippen LogP contribution < -0.4 is 10.9 Å². The summed E-state index contributed by atoms with van der Waals surface area (Å²) >= 11 is 0. The number of hydrogen-bond donors (Lipinski definition) is 2. The fourth-order valence-corrected chi connectivity index (χ4v) is 3.02. The highest BCUT2D eigenvalue weighted by Crippen LogP contribution is 2.31. The zero-order valence-corrected chi connectivity index (χ0v) is 14.6. The van der Waals surface area contributed by atoms with Gasteiger partial charge in [0.05, 0.1) is 11.0 Å². The van der Waals surface area contributed by atoms with Crippen LogP contribution in [0.3, 0.4) is 0 Å². The second kappa shape index (κ2) is 6.90. The maximum atomic E-state index is 13.3. The highest BCUT2D eigenvalue weighted by Gasteiger charge is 2.37. The smallest absolute Gasteiger partial charge is 0.350 e. The summed E-state index contributed by atoms with van der Waals surface area (Å²) in [5, 5.41) is 2.51. The molecule has 3 rings (SSSR count). The van der Waals surface area contributed by atoms with Crippen LogP contribution in [0.2, 0.25) is 0 Å². The number of imidazole rings is 1. The lowest BCUT2D eigenvalue weighted by molar-refractivity contribution is -0.146. The van der Waals surface area contributed by atoms with Gasteiger partial charge in [0.25, 0.3) is 11.5 Å². The SMILES string of the molecule is Cc1cc(C)c(C(=O)NCCn2c(C(F)(F)F)nc3ccccc32)c(=O)[nH]1. The number of halogens is 3. The average Bonchev–Trinajstić information content (AvgIpc) is 2.93. The summed E-state index contributed by atoms with van der Waals surface area (Å²) in [6.07, 6.45) is -4.62. The highest BCUT2D eigenvalue weighted by atomic mass is 19.4. The van der Waals surface area contributed by atoms with E-state index in [-0.39, 0.29) is 24.2 Å². The molecule has 0 aliphatic carbocycles. The first kappa shape index (κ1) is 18.7. The lowest BCUT2D eigenvalue weighted by Crippen LogP contribution is -2.33. The minimum Gasteiger partial charge on any atom is -0.350 e. The molecule has 0 atom stereocenters. The zero-order chi connectivity index (χ0) is 19.8. The van der Waals surface area contributed by atoms with Gasteiger partial charge < -0.3 is 14.9 Å². The second-order valence-electron chi connectivity index (χ2n) is 6.17. The van der Waals surface area contributed by atoms with Crippen molar-refractivity contribution in [3.8, 4) is 0 Å². The van der Waals surface area contributed by atoms with Crippen molar-refractivity contribution in [1.29, 1.82) is 0 Å². The number of benzene rings is 1. The molecule has 0 bridgehead atoms. The van der Waals surface area contributed by atoms with E-state index in [1.807, 2.05) is 0 Å². The molecule has 27 heavy (non-hydrogen) atoms. The third kappa shape index (κ3) is 3.71. The number of aromatic nitrogens is 3. The highest BCUT2D eigenvalue weighted by molar-refractivity contribution is 5.95. The monoisotopic (exact) mass is 378 g/mol. The number of carbonyl (C=O) groups excluding carboxylic acids is 1. The molecule has 142 valence electrons. The molecule has 0 aliphatic rings. The molecule has 9 heteroatoms. The van der Waals surface area contributed by atoms with Crippen LogP contribution in [0.5, 0.6) is 0 Å². The Labute approximate surface area is 152 Å². The molecular weight excluding hydrogens is 361 g/mol. The number of para-hydroxylation sites is 2. The van der Waals surface area contributed by atoms with Gasteiger partial charge in [0, 0.05) is 18.8 Å². The van der Waals surface area contributed by atoms with Crippen molar-refractivity contribution in [2.45, 2.75) is 26.6 Å². The summed E-state index contributed by atoms with van der Waals surface area (Å²) in [5.74, 6) is -1.66. The molecule has 2 N–H and O–H groups in total. The topological polar surface area (TPSA) is 79.8 Å². The minimum atomic E-state index is -4.62. The fraction of sp³-hybridized carbons (Fsp3) is 0.278. The van der Waals surface area contributed by atoms with Crippen molar-refractivity contribution >= 4 is 16.9 Å². The third-order valence-electron chi connectivity index (χ3n) is 4.12. The Hall–Kier alpha value is -3.10. The molecule has 0 fully saturated rings. The molecule has 1 amide bonds. The van der Waals surface area contributed by atoms with Crippen molar-refractivity contribution < 1.29 is 18.0 Å². The number of nitrogens with zero attached hydrogens (tertiary/aromatic N) is 2. The first-order chi connectivity index (χ1) is 12.7. The van der Waals surface area contributed by atoms with Gasteiger partial charge in [0.15, 0.2) is 0 Å². The molecule has 0 spiro atoms. The number of pyridine rings is 1. The summed E-state index contributed by atoms with van der Waals surface area (Å²) in [6.45, 7) is 3.10. The molecule has 0 saturated heterocycles. The number of rotatable bonds is 4. The first-order valence-corrected chi connectivity index (χ1v) is 8.19. The lowest BCUT2D eigenvalue weighted by Gasteiger charge is -2.12. The second-order valence-corrected chi connectivity index (χ2v) is 6.17. The van der Waals surface area contributed by atoms with Crippen molar-refractivity contribution in [3.05, 3.63) is 63.3 Å². The number of hydrogen-bond acceptors (Lipinski definition) is 3. The number of H-pyrrole nitrogens is 1. The van der Waals surface area contributed by atoms with Crippen molar-refractivity contribution in [3.63, 3.8) is 0 Å². The molecule has 1 aromatic carbocycles. The Kier molecular flexibility index (Phi) is 4.77. The Morgan fingerprint density at radius 2 is 1.96 bits per heavy atom. The van der Waals surface area contributed by atoms with E-state index in [2.05, 4.69) is 15.3 Å². The van der Waals surface area contributed by atoms with Gasteiger partial charge in [-0.05, 0) is 37.6 Å².